The molecule has 15 heavy (non-hydrogen) atoms. The van der Waals surface area contributed by atoms with E-state index in [2.05, 4.69) is 10.1 Å². The number of rotatable bonds is 10. The molecule has 1 atom stereocenters. The van der Waals surface area contributed by atoms with Gasteiger partial charge in [0.25, 0.3) is 6.43 Å². The predicted octanol–water partition coefficient (Wildman–Crippen LogP) is 0.255. The SMILES string of the molecule is CCOCC(O)CNCCOCC(F)F. The number of hydrogen-bond acceptors (Lipinski definition) is 4. The molecule has 0 aliphatic heterocycles. The van der Waals surface area contributed by atoms with E-state index in [1.54, 1.807) is 0 Å². The number of hydrogen-bond donors (Lipinski definition) is 2. The Kier molecular flexibility index (Phi) is 10.0. The van der Waals surface area contributed by atoms with Gasteiger partial charge in [0.05, 0.1) is 19.3 Å². The molecular weight excluding hydrogens is 208 g/mol. The zero-order chi connectivity index (χ0) is 11.5. The Morgan fingerprint density at radius 1 is 1.27 bits per heavy atom. The summed E-state index contributed by atoms with van der Waals surface area (Å²) in [5.41, 5.74) is 0. The lowest BCUT2D eigenvalue weighted by Gasteiger charge is -2.11. The molecule has 0 heterocycles. The summed E-state index contributed by atoms with van der Waals surface area (Å²) in [6.45, 7) is 3.18. The van der Waals surface area contributed by atoms with Crippen molar-refractivity contribution in [1.82, 2.24) is 5.32 Å². The summed E-state index contributed by atoms with van der Waals surface area (Å²) in [4.78, 5) is 0. The summed E-state index contributed by atoms with van der Waals surface area (Å²) in [6.07, 6.45) is -2.99. The summed E-state index contributed by atoms with van der Waals surface area (Å²) in [7, 11) is 0. The molecule has 0 saturated carbocycles. The molecule has 0 aliphatic rings. The summed E-state index contributed by atoms with van der Waals surface area (Å²) < 4.78 is 32.8. The smallest absolute Gasteiger partial charge is 0.261 e. The normalized spacial score (nSPS) is 13.4. The Morgan fingerprint density at radius 2 is 2.00 bits per heavy atom. The van der Waals surface area contributed by atoms with Gasteiger partial charge in [0.1, 0.15) is 6.61 Å². The molecule has 0 amide bonds. The highest BCUT2D eigenvalue weighted by molar-refractivity contribution is 4.57. The van der Waals surface area contributed by atoms with E-state index < -0.39 is 19.1 Å². The molecule has 0 aromatic carbocycles. The minimum absolute atomic E-state index is 0.214. The molecule has 0 bridgehead atoms. The topological polar surface area (TPSA) is 50.7 Å². The van der Waals surface area contributed by atoms with Gasteiger partial charge in [0.15, 0.2) is 0 Å². The van der Waals surface area contributed by atoms with Crippen LogP contribution in [0.1, 0.15) is 6.92 Å². The quantitative estimate of drug-likeness (QED) is 0.525. The van der Waals surface area contributed by atoms with E-state index in [0.29, 0.717) is 19.7 Å². The second-order valence-corrected chi connectivity index (χ2v) is 2.98. The molecule has 0 rings (SSSR count). The second kappa shape index (κ2) is 10.2. The Morgan fingerprint density at radius 3 is 2.60 bits per heavy atom. The maximum absolute atomic E-state index is 11.6. The Bertz CT molecular complexity index is 139. The van der Waals surface area contributed by atoms with Gasteiger partial charge in [-0.05, 0) is 6.92 Å². The van der Waals surface area contributed by atoms with Gasteiger partial charge in [-0.2, -0.15) is 0 Å². The third kappa shape index (κ3) is 11.6. The van der Waals surface area contributed by atoms with Crippen molar-refractivity contribution in [2.45, 2.75) is 19.5 Å². The van der Waals surface area contributed by atoms with Gasteiger partial charge in [-0.15, -0.1) is 0 Å². The van der Waals surface area contributed by atoms with Crippen LogP contribution in [-0.4, -0.2) is 57.2 Å². The first-order valence-electron chi connectivity index (χ1n) is 4.99. The largest absolute Gasteiger partial charge is 0.389 e. The third-order valence-corrected chi connectivity index (χ3v) is 1.56. The van der Waals surface area contributed by atoms with Crippen LogP contribution in [0, 0.1) is 0 Å². The third-order valence-electron chi connectivity index (χ3n) is 1.56. The minimum Gasteiger partial charge on any atom is -0.389 e. The summed E-state index contributed by atoms with van der Waals surface area (Å²) in [6, 6.07) is 0. The molecule has 0 saturated heterocycles. The van der Waals surface area contributed by atoms with Crippen LogP contribution in [0.15, 0.2) is 0 Å². The molecule has 0 aromatic heterocycles. The van der Waals surface area contributed by atoms with E-state index in [-0.39, 0.29) is 13.2 Å². The van der Waals surface area contributed by atoms with Crippen LogP contribution in [0.4, 0.5) is 8.78 Å². The van der Waals surface area contributed by atoms with Crippen LogP contribution in [0.2, 0.25) is 0 Å². The van der Waals surface area contributed by atoms with Gasteiger partial charge in [-0.1, -0.05) is 0 Å². The molecule has 0 fully saturated rings. The highest BCUT2D eigenvalue weighted by Gasteiger charge is 2.03. The zero-order valence-corrected chi connectivity index (χ0v) is 8.92. The van der Waals surface area contributed by atoms with Gasteiger partial charge < -0.3 is 19.9 Å². The van der Waals surface area contributed by atoms with E-state index in [0.717, 1.165) is 0 Å². The molecule has 2 N–H and O–H groups in total. The highest BCUT2D eigenvalue weighted by atomic mass is 19.3. The molecule has 1 unspecified atom stereocenters. The van der Waals surface area contributed by atoms with Crippen molar-refractivity contribution in [3.8, 4) is 0 Å². The van der Waals surface area contributed by atoms with Crippen molar-refractivity contribution in [3.05, 3.63) is 0 Å². The van der Waals surface area contributed by atoms with Crippen LogP contribution in [0.25, 0.3) is 0 Å². The van der Waals surface area contributed by atoms with Crippen molar-refractivity contribution in [1.29, 1.82) is 0 Å². The van der Waals surface area contributed by atoms with E-state index in [1.807, 2.05) is 6.92 Å². The summed E-state index contributed by atoms with van der Waals surface area (Å²) in [5, 5.41) is 12.1. The van der Waals surface area contributed by atoms with E-state index in [1.165, 1.54) is 0 Å². The number of halogens is 2. The fourth-order valence-electron chi connectivity index (χ4n) is 0.898. The minimum atomic E-state index is -2.42. The molecular formula is C9H19F2NO3. The van der Waals surface area contributed by atoms with Crippen molar-refractivity contribution in [2.75, 3.05) is 39.5 Å². The van der Waals surface area contributed by atoms with Gasteiger partial charge in [0.2, 0.25) is 0 Å². The van der Waals surface area contributed by atoms with Crippen LogP contribution in [0.3, 0.4) is 0 Å². The summed E-state index contributed by atoms with van der Waals surface area (Å²) in [5.74, 6) is 0. The van der Waals surface area contributed by atoms with E-state index >= 15 is 0 Å². The van der Waals surface area contributed by atoms with E-state index in [9.17, 15) is 13.9 Å². The molecule has 92 valence electrons. The van der Waals surface area contributed by atoms with Gasteiger partial charge >= 0.3 is 0 Å². The van der Waals surface area contributed by atoms with Crippen molar-refractivity contribution >= 4 is 0 Å². The Balaban J connectivity index is 3.09. The molecule has 0 aliphatic carbocycles. The molecule has 0 radical (unpaired) electrons. The Hall–Kier alpha value is -0.300. The van der Waals surface area contributed by atoms with Gasteiger partial charge in [0, 0.05) is 19.7 Å². The zero-order valence-electron chi connectivity index (χ0n) is 8.92. The number of aliphatic hydroxyl groups excluding tert-OH is 1. The number of nitrogens with one attached hydrogen (secondary N) is 1. The van der Waals surface area contributed by atoms with Crippen molar-refractivity contribution < 1.29 is 23.4 Å². The molecule has 0 spiro atoms. The standard InChI is InChI=1S/C9H19F2NO3/c1-2-14-6-8(13)5-12-3-4-15-7-9(10)11/h8-9,12-13H,2-7H2,1H3. The molecule has 4 nitrogen and oxygen atoms in total. The van der Waals surface area contributed by atoms with Crippen LogP contribution >= 0.6 is 0 Å². The first-order chi connectivity index (χ1) is 7.16. The Labute approximate surface area is 88.6 Å². The number of alkyl halides is 2. The van der Waals surface area contributed by atoms with E-state index in [4.69, 9.17) is 4.74 Å². The molecule has 6 heteroatoms. The maximum atomic E-state index is 11.6. The maximum Gasteiger partial charge on any atom is 0.261 e. The lowest BCUT2D eigenvalue weighted by Crippen LogP contribution is -2.32. The summed E-state index contributed by atoms with van der Waals surface area (Å²) >= 11 is 0. The number of ether oxygens (including phenoxy) is 2. The van der Waals surface area contributed by atoms with Gasteiger partial charge in [-0.25, -0.2) is 8.78 Å². The average Bonchev–Trinajstić information content (AvgIpc) is 2.19. The van der Waals surface area contributed by atoms with Crippen LogP contribution in [-0.2, 0) is 9.47 Å². The highest BCUT2D eigenvalue weighted by Crippen LogP contribution is 1.91. The van der Waals surface area contributed by atoms with Crippen molar-refractivity contribution in [3.63, 3.8) is 0 Å². The average molecular weight is 227 g/mol. The predicted molar refractivity (Wildman–Crippen MR) is 52.2 cm³/mol. The van der Waals surface area contributed by atoms with Crippen molar-refractivity contribution in [2.24, 2.45) is 0 Å². The lowest BCUT2D eigenvalue weighted by atomic mass is 10.4. The van der Waals surface area contributed by atoms with Crippen LogP contribution < -0.4 is 5.32 Å². The first-order valence-corrected chi connectivity index (χ1v) is 4.99. The number of aliphatic hydroxyl groups is 1. The van der Waals surface area contributed by atoms with Crippen LogP contribution in [0.5, 0.6) is 0 Å². The van der Waals surface area contributed by atoms with Gasteiger partial charge in [-0.3, -0.25) is 0 Å². The lowest BCUT2D eigenvalue weighted by molar-refractivity contribution is 0.0158. The monoisotopic (exact) mass is 227 g/mol. The fraction of sp³-hybridized carbons (Fsp3) is 1.00. The second-order valence-electron chi connectivity index (χ2n) is 2.98. The fourth-order valence-corrected chi connectivity index (χ4v) is 0.898. The first kappa shape index (κ1) is 14.7. The molecule has 0 aromatic rings.